The summed E-state index contributed by atoms with van der Waals surface area (Å²) in [4.78, 5) is 2.56. The standard InChI is InChI=1S/C19H40N2/c1-3-4-5-6-7-8-12-15-19(16-20)21(2)17-18-13-10-9-11-14-18/h18-19H,3-17,20H2,1-2H3. The Labute approximate surface area is 133 Å². The normalized spacial score (nSPS) is 18.3. The Bertz CT molecular complexity index is 224. The molecule has 2 nitrogen and oxygen atoms in total. The van der Waals surface area contributed by atoms with Crippen LogP contribution in [-0.4, -0.2) is 31.1 Å². The number of likely N-dealkylation sites (N-methyl/N-ethyl adjacent to an activating group) is 1. The van der Waals surface area contributed by atoms with Crippen LogP contribution in [0.25, 0.3) is 0 Å². The minimum atomic E-state index is 0.613. The van der Waals surface area contributed by atoms with Crippen molar-refractivity contribution in [1.29, 1.82) is 0 Å². The quantitative estimate of drug-likeness (QED) is 0.515. The Morgan fingerprint density at radius 3 is 2.19 bits per heavy atom. The lowest BCUT2D eigenvalue weighted by Crippen LogP contribution is -2.40. The minimum Gasteiger partial charge on any atom is -0.329 e. The van der Waals surface area contributed by atoms with E-state index in [1.807, 2.05) is 0 Å². The Morgan fingerprint density at radius 2 is 1.57 bits per heavy atom. The first-order valence-electron chi connectivity index (χ1n) is 9.68. The van der Waals surface area contributed by atoms with Crippen LogP contribution in [0.15, 0.2) is 0 Å². The maximum atomic E-state index is 6.02. The van der Waals surface area contributed by atoms with E-state index in [9.17, 15) is 0 Å². The lowest BCUT2D eigenvalue weighted by molar-refractivity contribution is 0.175. The molecule has 0 aromatic heterocycles. The summed E-state index contributed by atoms with van der Waals surface area (Å²) in [6, 6.07) is 0.613. The van der Waals surface area contributed by atoms with E-state index in [0.29, 0.717) is 6.04 Å². The molecule has 1 unspecified atom stereocenters. The molecule has 0 spiro atoms. The second-order valence-corrected chi connectivity index (χ2v) is 7.24. The number of nitrogens with zero attached hydrogens (tertiary/aromatic N) is 1. The van der Waals surface area contributed by atoms with Gasteiger partial charge in [0.15, 0.2) is 0 Å². The molecule has 0 bridgehead atoms. The van der Waals surface area contributed by atoms with Crippen LogP contribution in [0.1, 0.15) is 90.4 Å². The number of nitrogens with two attached hydrogens (primary N) is 1. The van der Waals surface area contributed by atoms with E-state index in [0.717, 1.165) is 12.5 Å². The predicted octanol–water partition coefficient (Wildman–Crippen LogP) is 4.97. The monoisotopic (exact) mass is 296 g/mol. The van der Waals surface area contributed by atoms with Gasteiger partial charge in [-0.1, -0.05) is 71.1 Å². The molecule has 1 saturated carbocycles. The largest absolute Gasteiger partial charge is 0.329 e. The molecule has 2 heteroatoms. The van der Waals surface area contributed by atoms with Gasteiger partial charge in [0.2, 0.25) is 0 Å². The van der Waals surface area contributed by atoms with Gasteiger partial charge in [-0.25, -0.2) is 0 Å². The molecule has 0 aliphatic heterocycles. The first-order valence-corrected chi connectivity index (χ1v) is 9.68. The summed E-state index contributed by atoms with van der Waals surface area (Å²) in [6.07, 6.45) is 18.3. The zero-order valence-electron chi connectivity index (χ0n) is 14.8. The van der Waals surface area contributed by atoms with Crippen LogP contribution in [0.2, 0.25) is 0 Å². The molecular weight excluding hydrogens is 256 g/mol. The third-order valence-electron chi connectivity index (χ3n) is 5.31. The molecule has 0 aromatic carbocycles. The smallest absolute Gasteiger partial charge is 0.0215 e. The van der Waals surface area contributed by atoms with Crippen molar-refractivity contribution in [1.82, 2.24) is 4.90 Å². The first kappa shape index (κ1) is 19.0. The summed E-state index contributed by atoms with van der Waals surface area (Å²) >= 11 is 0. The van der Waals surface area contributed by atoms with E-state index in [1.54, 1.807) is 0 Å². The van der Waals surface area contributed by atoms with Crippen molar-refractivity contribution in [2.24, 2.45) is 11.7 Å². The number of rotatable bonds is 12. The van der Waals surface area contributed by atoms with E-state index in [-0.39, 0.29) is 0 Å². The van der Waals surface area contributed by atoms with Gasteiger partial charge in [-0.05, 0) is 32.2 Å². The summed E-state index contributed by atoms with van der Waals surface area (Å²) in [6.45, 7) is 4.39. The van der Waals surface area contributed by atoms with Crippen molar-refractivity contribution in [3.05, 3.63) is 0 Å². The minimum absolute atomic E-state index is 0.613. The average Bonchev–Trinajstić information content (AvgIpc) is 2.51. The lowest BCUT2D eigenvalue weighted by atomic mass is 9.88. The molecule has 1 aliphatic carbocycles. The van der Waals surface area contributed by atoms with Crippen LogP contribution in [0.4, 0.5) is 0 Å². The fraction of sp³-hybridized carbons (Fsp3) is 1.00. The average molecular weight is 297 g/mol. The zero-order valence-corrected chi connectivity index (χ0v) is 14.8. The summed E-state index contributed by atoms with van der Waals surface area (Å²) in [7, 11) is 2.30. The van der Waals surface area contributed by atoms with Gasteiger partial charge in [0, 0.05) is 19.1 Å². The molecule has 0 heterocycles. The van der Waals surface area contributed by atoms with Crippen LogP contribution < -0.4 is 5.73 Å². The maximum Gasteiger partial charge on any atom is 0.0215 e. The van der Waals surface area contributed by atoms with Crippen molar-refractivity contribution in [3.63, 3.8) is 0 Å². The Kier molecular flexibility index (Phi) is 11.3. The lowest BCUT2D eigenvalue weighted by Gasteiger charge is -2.32. The molecule has 2 N–H and O–H groups in total. The van der Waals surface area contributed by atoms with Crippen LogP contribution in [-0.2, 0) is 0 Å². The Morgan fingerprint density at radius 1 is 0.952 bits per heavy atom. The summed E-state index contributed by atoms with van der Waals surface area (Å²) in [5, 5.41) is 0. The van der Waals surface area contributed by atoms with Crippen molar-refractivity contribution in [3.8, 4) is 0 Å². The van der Waals surface area contributed by atoms with E-state index >= 15 is 0 Å². The SMILES string of the molecule is CCCCCCCCCC(CN)N(C)CC1CCCCC1. The molecule has 0 amide bonds. The van der Waals surface area contributed by atoms with Gasteiger partial charge in [-0.3, -0.25) is 0 Å². The second-order valence-electron chi connectivity index (χ2n) is 7.24. The number of hydrogen-bond acceptors (Lipinski definition) is 2. The fourth-order valence-electron chi connectivity index (χ4n) is 3.78. The third kappa shape index (κ3) is 8.83. The summed E-state index contributed by atoms with van der Waals surface area (Å²) in [5.74, 6) is 0.937. The second kappa shape index (κ2) is 12.5. The van der Waals surface area contributed by atoms with Crippen LogP contribution >= 0.6 is 0 Å². The number of unbranched alkanes of at least 4 members (excludes halogenated alkanes) is 6. The number of hydrogen-bond donors (Lipinski definition) is 1. The maximum absolute atomic E-state index is 6.02. The van der Waals surface area contributed by atoms with Crippen molar-refractivity contribution >= 4 is 0 Å². The van der Waals surface area contributed by atoms with E-state index in [4.69, 9.17) is 5.73 Å². The molecule has 0 radical (unpaired) electrons. The van der Waals surface area contributed by atoms with E-state index in [2.05, 4.69) is 18.9 Å². The highest BCUT2D eigenvalue weighted by molar-refractivity contribution is 4.75. The molecule has 126 valence electrons. The molecular formula is C19H40N2. The molecule has 1 atom stereocenters. The fourth-order valence-corrected chi connectivity index (χ4v) is 3.78. The van der Waals surface area contributed by atoms with Crippen LogP contribution in [0.5, 0.6) is 0 Å². The highest BCUT2D eigenvalue weighted by Crippen LogP contribution is 2.25. The highest BCUT2D eigenvalue weighted by Gasteiger charge is 2.19. The van der Waals surface area contributed by atoms with Gasteiger partial charge in [-0.15, -0.1) is 0 Å². The van der Waals surface area contributed by atoms with Gasteiger partial charge >= 0.3 is 0 Å². The van der Waals surface area contributed by atoms with Crippen LogP contribution in [0, 0.1) is 5.92 Å². The topological polar surface area (TPSA) is 29.3 Å². The highest BCUT2D eigenvalue weighted by atomic mass is 15.1. The van der Waals surface area contributed by atoms with Gasteiger partial charge < -0.3 is 10.6 Å². The van der Waals surface area contributed by atoms with Gasteiger partial charge in [0.05, 0.1) is 0 Å². The summed E-state index contributed by atoms with van der Waals surface area (Å²) in [5.41, 5.74) is 6.02. The molecule has 0 saturated heterocycles. The predicted molar refractivity (Wildman–Crippen MR) is 94.7 cm³/mol. The Balaban J connectivity index is 2.08. The van der Waals surface area contributed by atoms with Gasteiger partial charge in [0.1, 0.15) is 0 Å². The molecule has 1 aliphatic rings. The van der Waals surface area contributed by atoms with Gasteiger partial charge in [0.25, 0.3) is 0 Å². The molecule has 1 fully saturated rings. The van der Waals surface area contributed by atoms with Gasteiger partial charge in [-0.2, -0.15) is 0 Å². The summed E-state index contributed by atoms with van der Waals surface area (Å²) < 4.78 is 0. The van der Waals surface area contributed by atoms with Crippen molar-refractivity contribution < 1.29 is 0 Å². The van der Waals surface area contributed by atoms with E-state index < -0.39 is 0 Å². The van der Waals surface area contributed by atoms with Crippen molar-refractivity contribution in [2.75, 3.05) is 20.1 Å². The zero-order chi connectivity index (χ0) is 15.3. The molecule has 21 heavy (non-hydrogen) atoms. The molecule has 0 aromatic rings. The van der Waals surface area contributed by atoms with E-state index in [1.165, 1.54) is 90.0 Å². The first-order chi connectivity index (χ1) is 10.3. The van der Waals surface area contributed by atoms with Crippen molar-refractivity contribution in [2.45, 2.75) is 96.4 Å². The molecule has 1 rings (SSSR count). The van der Waals surface area contributed by atoms with Crippen LogP contribution in [0.3, 0.4) is 0 Å². The Hall–Kier alpha value is -0.0800. The third-order valence-corrected chi connectivity index (χ3v) is 5.31.